The summed E-state index contributed by atoms with van der Waals surface area (Å²) in [6, 6.07) is 11.3. The molecule has 3 nitrogen and oxygen atoms in total. The molecule has 3 heteroatoms. The second-order valence-corrected chi connectivity index (χ2v) is 4.54. The summed E-state index contributed by atoms with van der Waals surface area (Å²) in [5.74, 6) is 0.494. The molecule has 0 saturated heterocycles. The zero-order valence-corrected chi connectivity index (χ0v) is 11.5. The predicted octanol–water partition coefficient (Wildman–Crippen LogP) is 3.80. The molecule has 0 saturated carbocycles. The van der Waals surface area contributed by atoms with E-state index in [0.29, 0.717) is 12.2 Å². The molecule has 0 radical (unpaired) electrons. The highest BCUT2D eigenvalue weighted by Gasteiger charge is 2.14. The molecule has 2 rings (SSSR count). The summed E-state index contributed by atoms with van der Waals surface area (Å²) in [4.78, 5) is 11.9. The van der Waals surface area contributed by atoms with Crippen LogP contribution in [0.3, 0.4) is 0 Å². The molecule has 0 aliphatic heterocycles. The van der Waals surface area contributed by atoms with E-state index in [-0.39, 0.29) is 12.1 Å². The van der Waals surface area contributed by atoms with Crippen LogP contribution in [-0.4, -0.2) is 18.7 Å². The summed E-state index contributed by atoms with van der Waals surface area (Å²) in [5, 5.41) is 1.79. The van der Waals surface area contributed by atoms with E-state index in [4.69, 9.17) is 9.47 Å². The van der Waals surface area contributed by atoms with Gasteiger partial charge in [-0.05, 0) is 38.3 Å². The minimum Gasteiger partial charge on any atom is -0.490 e. The number of fused-ring (bicyclic) bond motifs is 1. The van der Waals surface area contributed by atoms with Crippen LogP contribution in [0.25, 0.3) is 10.8 Å². The molecule has 0 N–H and O–H groups in total. The average molecular weight is 258 g/mol. The molecule has 0 unspecified atom stereocenters. The predicted molar refractivity (Wildman–Crippen MR) is 75.7 cm³/mol. The van der Waals surface area contributed by atoms with Gasteiger partial charge >= 0.3 is 5.97 Å². The number of esters is 1. The van der Waals surface area contributed by atoms with Crippen LogP contribution >= 0.6 is 0 Å². The molecule has 2 aromatic carbocycles. The van der Waals surface area contributed by atoms with Crippen molar-refractivity contribution in [2.75, 3.05) is 6.61 Å². The van der Waals surface area contributed by atoms with Gasteiger partial charge in [0.05, 0.1) is 18.3 Å². The Morgan fingerprint density at radius 2 is 1.79 bits per heavy atom. The van der Waals surface area contributed by atoms with E-state index in [9.17, 15) is 4.79 Å². The Morgan fingerprint density at radius 3 is 2.42 bits per heavy atom. The van der Waals surface area contributed by atoms with E-state index in [1.165, 1.54) is 0 Å². The summed E-state index contributed by atoms with van der Waals surface area (Å²) in [7, 11) is 0. The van der Waals surface area contributed by atoms with Gasteiger partial charge in [-0.25, -0.2) is 4.79 Å². The highest BCUT2D eigenvalue weighted by atomic mass is 16.5. The van der Waals surface area contributed by atoms with Gasteiger partial charge < -0.3 is 9.47 Å². The summed E-state index contributed by atoms with van der Waals surface area (Å²) in [6.45, 7) is 6.13. The number of ether oxygens (including phenoxy) is 2. The number of carbonyl (C=O) groups excluding carboxylic acids is 1. The first-order valence-corrected chi connectivity index (χ1v) is 6.49. The van der Waals surface area contributed by atoms with Crippen LogP contribution in [0.1, 0.15) is 31.1 Å². The third-order valence-corrected chi connectivity index (χ3v) is 2.74. The fraction of sp³-hybridized carbons (Fsp3) is 0.312. The topological polar surface area (TPSA) is 35.5 Å². The Morgan fingerprint density at radius 1 is 1.11 bits per heavy atom. The number of rotatable bonds is 4. The fourth-order valence-electron chi connectivity index (χ4n) is 2.01. The van der Waals surface area contributed by atoms with Crippen LogP contribution in [0, 0.1) is 0 Å². The van der Waals surface area contributed by atoms with Crippen LogP contribution in [0.5, 0.6) is 5.75 Å². The Kier molecular flexibility index (Phi) is 4.05. The normalized spacial score (nSPS) is 10.7. The third-order valence-electron chi connectivity index (χ3n) is 2.74. The molecule has 0 aliphatic carbocycles. The summed E-state index contributed by atoms with van der Waals surface area (Å²) in [5.41, 5.74) is 0.577. The molecule has 0 fully saturated rings. The third kappa shape index (κ3) is 2.87. The highest BCUT2D eigenvalue weighted by molar-refractivity contribution is 6.06. The Labute approximate surface area is 113 Å². The van der Waals surface area contributed by atoms with E-state index in [0.717, 1.165) is 16.5 Å². The van der Waals surface area contributed by atoms with Gasteiger partial charge in [0.2, 0.25) is 0 Å². The van der Waals surface area contributed by atoms with Crippen molar-refractivity contribution < 1.29 is 14.3 Å². The maximum Gasteiger partial charge on any atom is 0.338 e. The quantitative estimate of drug-likeness (QED) is 0.782. The highest BCUT2D eigenvalue weighted by Crippen LogP contribution is 2.29. The first-order valence-electron chi connectivity index (χ1n) is 6.49. The smallest absolute Gasteiger partial charge is 0.338 e. The molecule has 0 spiro atoms. The van der Waals surface area contributed by atoms with Crippen molar-refractivity contribution in [1.29, 1.82) is 0 Å². The van der Waals surface area contributed by atoms with Crippen molar-refractivity contribution in [3.63, 3.8) is 0 Å². The van der Waals surface area contributed by atoms with Crippen molar-refractivity contribution in [2.45, 2.75) is 26.9 Å². The molecule has 19 heavy (non-hydrogen) atoms. The Bertz CT molecular complexity index is 588. The first-order chi connectivity index (χ1) is 9.13. The molecule has 0 heterocycles. The van der Waals surface area contributed by atoms with Gasteiger partial charge in [-0.15, -0.1) is 0 Å². The molecular weight excluding hydrogens is 240 g/mol. The van der Waals surface area contributed by atoms with Gasteiger partial charge in [0.15, 0.2) is 0 Å². The number of benzene rings is 2. The van der Waals surface area contributed by atoms with Crippen LogP contribution in [0.2, 0.25) is 0 Å². The van der Waals surface area contributed by atoms with Gasteiger partial charge in [-0.2, -0.15) is 0 Å². The van der Waals surface area contributed by atoms with Gasteiger partial charge in [0.25, 0.3) is 0 Å². The Hall–Kier alpha value is -2.03. The lowest BCUT2D eigenvalue weighted by atomic mass is 10.0. The van der Waals surface area contributed by atoms with Gasteiger partial charge in [-0.3, -0.25) is 0 Å². The van der Waals surface area contributed by atoms with Crippen molar-refractivity contribution in [2.24, 2.45) is 0 Å². The lowest BCUT2D eigenvalue weighted by molar-refractivity contribution is 0.0528. The molecule has 0 amide bonds. The lowest BCUT2D eigenvalue weighted by Gasteiger charge is -2.14. The minimum atomic E-state index is -0.296. The number of carbonyl (C=O) groups is 1. The average Bonchev–Trinajstić information content (AvgIpc) is 2.38. The SMILES string of the molecule is CCOC(=O)c1ccc(OC(C)C)c2ccccc12. The van der Waals surface area contributed by atoms with Crippen molar-refractivity contribution in [1.82, 2.24) is 0 Å². The maximum atomic E-state index is 11.9. The molecular formula is C16H18O3. The Balaban J connectivity index is 2.55. The van der Waals surface area contributed by atoms with E-state index in [1.807, 2.05) is 44.2 Å². The molecule has 100 valence electrons. The van der Waals surface area contributed by atoms with Crippen LogP contribution in [-0.2, 0) is 4.74 Å². The monoisotopic (exact) mass is 258 g/mol. The van der Waals surface area contributed by atoms with Gasteiger partial charge in [0.1, 0.15) is 5.75 Å². The fourth-order valence-corrected chi connectivity index (χ4v) is 2.01. The lowest BCUT2D eigenvalue weighted by Crippen LogP contribution is -2.08. The van der Waals surface area contributed by atoms with Crippen molar-refractivity contribution >= 4 is 16.7 Å². The molecule has 0 atom stereocenters. The summed E-state index contributed by atoms with van der Waals surface area (Å²) < 4.78 is 10.8. The second-order valence-electron chi connectivity index (χ2n) is 4.54. The van der Waals surface area contributed by atoms with E-state index >= 15 is 0 Å². The summed E-state index contributed by atoms with van der Waals surface area (Å²) >= 11 is 0. The van der Waals surface area contributed by atoms with E-state index in [2.05, 4.69) is 0 Å². The second kappa shape index (κ2) is 5.74. The van der Waals surface area contributed by atoms with Crippen LogP contribution in [0.15, 0.2) is 36.4 Å². The molecule has 0 bridgehead atoms. The number of hydrogen-bond acceptors (Lipinski definition) is 3. The summed E-state index contributed by atoms with van der Waals surface area (Å²) in [6.07, 6.45) is 0.0943. The molecule has 2 aromatic rings. The largest absolute Gasteiger partial charge is 0.490 e. The number of hydrogen-bond donors (Lipinski definition) is 0. The molecule has 0 aromatic heterocycles. The van der Waals surface area contributed by atoms with Crippen LogP contribution in [0.4, 0.5) is 0 Å². The zero-order chi connectivity index (χ0) is 13.8. The van der Waals surface area contributed by atoms with Gasteiger partial charge in [0, 0.05) is 5.39 Å². The van der Waals surface area contributed by atoms with E-state index < -0.39 is 0 Å². The molecule has 0 aliphatic rings. The first kappa shape index (κ1) is 13.4. The van der Waals surface area contributed by atoms with Crippen molar-refractivity contribution in [3.05, 3.63) is 42.0 Å². The van der Waals surface area contributed by atoms with Gasteiger partial charge in [-0.1, -0.05) is 24.3 Å². The minimum absolute atomic E-state index is 0.0943. The van der Waals surface area contributed by atoms with Crippen LogP contribution < -0.4 is 4.74 Å². The van der Waals surface area contributed by atoms with E-state index in [1.54, 1.807) is 13.0 Å². The maximum absolute atomic E-state index is 11.9. The van der Waals surface area contributed by atoms with Crippen molar-refractivity contribution in [3.8, 4) is 5.75 Å². The zero-order valence-electron chi connectivity index (χ0n) is 11.5. The standard InChI is InChI=1S/C16H18O3/c1-4-18-16(17)14-9-10-15(19-11(2)3)13-8-6-5-7-12(13)14/h5-11H,4H2,1-3H3.